The first-order valence-corrected chi connectivity index (χ1v) is 6.45. The molecule has 15 heavy (non-hydrogen) atoms. The number of nitrogens with zero attached hydrogens (tertiary/aromatic N) is 1. The van der Waals surface area contributed by atoms with Crippen molar-refractivity contribution >= 4 is 33.2 Å². The quantitative estimate of drug-likeness (QED) is 0.788. The molecule has 0 N–H and O–H groups in total. The van der Waals surface area contributed by atoms with E-state index in [2.05, 4.69) is 46.8 Å². The summed E-state index contributed by atoms with van der Waals surface area (Å²) in [5.74, 6) is 1.64. The van der Waals surface area contributed by atoms with Gasteiger partial charge in [0.05, 0.1) is 5.02 Å². The van der Waals surface area contributed by atoms with E-state index in [0.717, 1.165) is 21.3 Å². The van der Waals surface area contributed by atoms with Crippen LogP contribution in [0.25, 0.3) is 0 Å². The topological polar surface area (TPSA) is 3.24 Å². The van der Waals surface area contributed by atoms with Crippen molar-refractivity contribution in [1.82, 2.24) is 0 Å². The van der Waals surface area contributed by atoms with Crippen molar-refractivity contribution in [3.8, 4) is 0 Å². The fourth-order valence-electron chi connectivity index (χ4n) is 1.83. The van der Waals surface area contributed by atoms with Crippen LogP contribution in [0.5, 0.6) is 0 Å². The van der Waals surface area contributed by atoms with Gasteiger partial charge in [0, 0.05) is 23.2 Å². The van der Waals surface area contributed by atoms with Gasteiger partial charge >= 0.3 is 0 Å². The predicted molar refractivity (Wildman–Crippen MR) is 69.7 cm³/mol. The molecule has 1 saturated heterocycles. The minimum Gasteiger partial charge on any atom is -0.371 e. The summed E-state index contributed by atoms with van der Waals surface area (Å²) in [5, 5.41) is 0.777. The molecule has 0 spiro atoms. The van der Waals surface area contributed by atoms with Gasteiger partial charge in [0.25, 0.3) is 0 Å². The number of hydrogen-bond donors (Lipinski definition) is 0. The van der Waals surface area contributed by atoms with Crippen molar-refractivity contribution in [2.75, 3.05) is 18.0 Å². The van der Waals surface area contributed by atoms with Crippen LogP contribution >= 0.6 is 27.5 Å². The van der Waals surface area contributed by atoms with Gasteiger partial charge < -0.3 is 4.90 Å². The van der Waals surface area contributed by atoms with E-state index in [0.29, 0.717) is 0 Å². The van der Waals surface area contributed by atoms with E-state index < -0.39 is 0 Å². The SMILES string of the molecule is CC(C)C1CN(c2ccc(Cl)c(Br)c2)C1. The summed E-state index contributed by atoms with van der Waals surface area (Å²) in [7, 11) is 0. The normalized spacial score (nSPS) is 17.0. The van der Waals surface area contributed by atoms with Gasteiger partial charge in [-0.15, -0.1) is 0 Å². The molecule has 0 radical (unpaired) electrons. The molecule has 1 aliphatic rings. The largest absolute Gasteiger partial charge is 0.371 e. The molecule has 0 bridgehead atoms. The van der Waals surface area contributed by atoms with E-state index in [1.807, 2.05) is 6.07 Å². The molecule has 1 fully saturated rings. The second-order valence-corrected chi connectivity index (χ2v) is 5.77. The Morgan fingerprint density at radius 3 is 2.60 bits per heavy atom. The van der Waals surface area contributed by atoms with Gasteiger partial charge in [0.15, 0.2) is 0 Å². The molecule has 3 heteroatoms. The zero-order valence-electron chi connectivity index (χ0n) is 9.00. The van der Waals surface area contributed by atoms with Crippen LogP contribution < -0.4 is 4.90 Å². The molecule has 1 aromatic carbocycles. The Balaban J connectivity index is 2.04. The van der Waals surface area contributed by atoms with Gasteiger partial charge in [-0.3, -0.25) is 0 Å². The Bertz CT molecular complexity index is 359. The predicted octanol–water partition coefficient (Wildman–Crippen LogP) is 4.19. The lowest BCUT2D eigenvalue weighted by atomic mass is 9.88. The second kappa shape index (κ2) is 4.34. The van der Waals surface area contributed by atoms with Crippen molar-refractivity contribution in [3.63, 3.8) is 0 Å². The zero-order chi connectivity index (χ0) is 11.0. The highest BCUT2D eigenvalue weighted by molar-refractivity contribution is 9.10. The third-order valence-electron chi connectivity index (χ3n) is 3.12. The van der Waals surface area contributed by atoms with Gasteiger partial charge in [-0.25, -0.2) is 0 Å². The van der Waals surface area contributed by atoms with E-state index in [-0.39, 0.29) is 0 Å². The van der Waals surface area contributed by atoms with Crippen LogP contribution in [0, 0.1) is 11.8 Å². The Morgan fingerprint density at radius 2 is 2.07 bits per heavy atom. The van der Waals surface area contributed by atoms with Crippen LogP contribution in [0.4, 0.5) is 5.69 Å². The van der Waals surface area contributed by atoms with Gasteiger partial charge in [-0.2, -0.15) is 0 Å². The molecule has 0 aliphatic carbocycles. The lowest BCUT2D eigenvalue weighted by Crippen LogP contribution is -2.49. The van der Waals surface area contributed by atoms with Crippen molar-refractivity contribution in [1.29, 1.82) is 0 Å². The molecule has 1 heterocycles. The van der Waals surface area contributed by atoms with Gasteiger partial charge in [0.2, 0.25) is 0 Å². The number of anilines is 1. The summed E-state index contributed by atoms with van der Waals surface area (Å²) in [6.45, 7) is 6.93. The van der Waals surface area contributed by atoms with Crippen LogP contribution in [0.1, 0.15) is 13.8 Å². The first kappa shape index (κ1) is 11.3. The van der Waals surface area contributed by atoms with E-state index >= 15 is 0 Å². The van der Waals surface area contributed by atoms with Crippen molar-refractivity contribution in [3.05, 3.63) is 27.7 Å². The Kier molecular flexibility index (Phi) is 3.27. The molecular weight excluding hydrogens is 273 g/mol. The van der Waals surface area contributed by atoms with E-state index in [4.69, 9.17) is 11.6 Å². The lowest BCUT2D eigenvalue weighted by Gasteiger charge is -2.43. The number of rotatable bonds is 2. The minimum absolute atomic E-state index is 0.777. The molecule has 0 aromatic heterocycles. The van der Waals surface area contributed by atoms with E-state index in [1.165, 1.54) is 18.8 Å². The molecule has 82 valence electrons. The Morgan fingerprint density at radius 1 is 1.40 bits per heavy atom. The highest BCUT2D eigenvalue weighted by Gasteiger charge is 2.29. The van der Waals surface area contributed by atoms with Crippen LogP contribution in [0.15, 0.2) is 22.7 Å². The van der Waals surface area contributed by atoms with E-state index in [9.17, 15) is 0 Å². The average molecular weight is 289 g/mol. The first-order valence-electron chi connectivity index (χ1n) is 5.28. The van der Waals surface area contributed by atoms with Crippen LogP contribution in [0.3, 0.4) is 0 Å². The standard InChI is InChI=1S/C12H15BrClN/c1-8(2)9-6-15(7-9)10-3-4-12(14)11(13)5-10/h3-5,8-9H,6-7H2,1-2H3. The zero-order valence-corrected chi connectivity index (χ0v) is 11.3. The van der Waals surface area contributed by atoms with Crippen LogP contribution in [-0.4, -0.2) is 13.1 Å². The molecule has 0 saturated carbocycles. The summed E-state index contributed by atoms with van der Waals surface area (Å²) in [4.78, 5) is 2.39. The molecule has 2 rings (SSSR count). The minimum atomic E-state index is 0.777. The molecular formula is C12H15BrClN. The number of benzene rings is 1. The smallest absolute Gasteiger partial charge is 0.0549 e. The maximum absolute atomic E-state index is 5.96. The van der Waals surface area contributed by atoms with Crippen LogP contribution in [0.2, 0.25) is 5.02 Å². The summed E-state index contributed by atoms with van der Waals surface area (Å²) in [6, 6.07) is 6.13. The van der Waals surface area contributed by atoms with E-state index in [1.54, 1.807) is 0 Å². The van der Waals surface area contributed by atoms with Gasteiger partial charge in [-0.1, -0.05) is 25.4 Å². The average Bonchev–Trinajstić information content (AvgIpc) is 2.08. The summed E-state index contributed by atoms with van der Waals surface area (Å²) >= 11 is 9.41. The Labute approximate surface area is 105 Å². The number of hydrogen-bond acceptors (Lipinski definition) is 1. The maximum atomic E-state index is 5.96. The maximum Gasteiger partial charge on any atom is 0.0549 e. The monoisotopic (exact) mass is 287 g/mol. The third-order valence-corrected chi connectivity index (χ3v) is 4.33. The highest BCUT2D eigenvalue weighted by atomic mass is 79.9. The summed E-state index contributed by atoms with van der Waals surface area (Å²) in [6.07, 6.45) is 0. The molecule has 1 aliphatic heterocycles. The van der Waals surface area contributed by atoms with Crippen molar-refractivity contribution < 1.29 is 0 Å². The fourth-order valence-corrected chi connectivity index (χ4v) is 2.31. The Hall–Kier alpha value is -0.210. The molecule has 0 unspecified atom stereocenters. The summed E-state index contributed by atoms with van der Waals surface area (Å²) in [5.41, 5.74) is 1.27. The molecule has 0 atom stereocenters. The van der Waals surface area contributed by atoms with Gasteiger partial charge in [0.1, 0.15) is 0 Å². The molecule has 0 amide bonds. The third kappa shape index (κ3) is 2.31. The summed E-state index contributed by atoms with van der Waals surface area (Å²) < 4.78 is 0.981. The van der Waals surface area contributed by atoms with Crippen molar-refractivity contribution in [2.24, 2.45) is 11.8 Å². The highest BCUT2D eigenvalue weighted by Crippen LogP contribution is 2.33. The van der Waals surface area contributed by atoms with Crippen LogP contribution in [-0.2, 0) is 0 Å². The molecule has 1 nitrogen and oxygen atoms in total. The second-order valence-electron chi connectivity index (χ2n) is 4.51. The molecule has 1 aromatic rings. The number of halogens is 2. The fraction of sp³-hybridized carbons (Fsp3) is 0.500. The first-order chi connectivity index (χ1) is 7.08. The van der Waals surface area contributed by atoms with Gasteiger partial charge in [-0.05, 0) is 46.0 Å². The van der Waals surface area contributed by atoms with Crippen molar-refractivity contribution in [2.45, 2.75) is 13.8 Å². The lowest BCUT2D eigenvalue weighted by molar-refractivity contribution is 0.310.